The molecule has 0 radical (unpaired) electrons. The molecule has 2 unspecified atom stereocenters. The van der Waals surface area contributed by atoms with Crippen molar-refractivity contribution >= 4 is 0 Å². The number of hydrogen-bond acceptors (Lipinski definition) is 2. The summed E-state index contributed by atoms with van der Waals surface area (Å²) >= 11 is 0. The molecule has 2 atom stereocenters. The molecule has 2 heteroatoms. The fourth-order valence-electron chi connectivity index (χ4n) is 3.70. The molecule has 1 aliphatic carbocycles. The molecule has 0 amide bonds. The van der Waals surface area contributed by atoms with Crippen LogP contribution in [-0.2, 0) is 4.74 Å². The molecule has 2 rings (SSSR count). The Hall–Kier alpha value is -0.0800. The molecule has 1 saturated heterocycles. The van der Waals surface area contributed by atoms with Crippen LogP contribution in [0.3, 0.4) is 0 Å². The van der Waals surface area contributed by atoms with Gasteiger partial charge in [-0.15, -0.1) is 0 Å². The lowest BCUT2D eigenvalue weighted by Gasteiger charge is -2.22. The second-order valence-electron chi connectivity index (χ2n) is 6.21. The first kappa shape index (κ1) is 14.3. The highest BCUT2D eigenvalue weighted by Gasteiger charge is 2.20. The molecule has 0 aromatic rings. The van der Waals surface area contributed by atoms with E-state index in [1.54, 1.807) is 0 Å². The van der Waals surface area contributed by atoms with Crippen molar-refractivity contribution in [3.63, 3.8) is 0 Å². The Labute approximate surface area is 113 Å². The van der Waals surface area contributed by atoms with Crippen molar-refractivity contribution in [3.8, 4) is 0 Å². The van der Waals surface area contributed by atoms with E-state index in [9.17, 15) is 0 Å². The van der Waals surface area contributed by atoms with E-state index in [4.69, 9.17) is 4.74 Å². The first-order valence-corrected chi connectivity index (χ1v) is 8.23. The summed E-state index contributed by atoms with van der Waals surface area (Å²) in [6.45, 7) is 4.36. The molecule has 18 heavy (non-hydrogen) atoms. The molecule has 2 fully saturated rings. The fourth-order valence-corrected chi connectivity index (χ4v) is 3.70. The van der Waals surface area contributed by atoms with Gasteiger partial charge in [-0.1, -0.05) is 32.6 Å². The lowest BCUT2D eigenvalue weighted by Crippen LogP contribution is -2.30. The fraction of sp³-hybridized carbons (Fsp3) is 1.00. The lowest BCUT2D eigenvalue weighted by molar-refractivity contribution is 0.101. The van der Waals surface area contributed by atoms with E-state index in [-0.39, 0.29) is 0 Å². The van der Waals surface area contributed by atoms with Crippen LogP contribution in [0.4, 0.5) is 0 Å². The van der Waals surface area contributed by atoms with E-state index >= 15 is 0 Å². The minimum Gasteiger partial charge on any atom is -0.378 e. The highest BCUT2D eigenvalue weighted by Crippen LogP contribution is 2.29. The molecule has 0 bridgehead atoms. The molecule has 1 N–H and O–H groups in total. The minimum absolute atomic E-state index is 0.582. The van der Waals surface area contributed by atoms with Gasteiger partial charge in [0.05, 0.1) is 6.10 Å². The summed E-state index contributed by atoms with van der Waals surface area (Å²) in [5, 5.41) is 3.69. The van der Waals surface area contributed by atoms with Gasteiger partial charge in [-0.2, -0.15) is 0 Å². The zero-order valence-electron chi connectivity index (χ0n) is 12.1. The predicted octanol–water partition coefficient (Wildman–Crippen LogP) is 3.89. The summed E-state index contributed by atoms with van der Waals surface area (Å²) in [6.07, 6.45) is 14.5. The van der Waals surface area contributed by atoms with Gasteiger partial charge in [0.1, 0.15) is 0 Å². The topological polar surface area (TPSA) is 21.3 Å². The summed E-state index contributed by atoms with van der Waals surface area (Å²) in [5.41, 5.74) is 0. The molecule has 2 nitrogen and oxygen atoms in total. The average Bonchev–Trinajstić information content (AvgIpc) is 3.02. The monoisotopic (exact) mass is 253 g/mol. The van der Waals surface area contributed by atoms with Gasteiger partial charge in [-0.3, -0.25) is 0 Å². The van der Waals surface area contributed by atoms with Gasteiger partial charge in [-0.25, -0.2) is 0 Å². The van der Waals surface area contributed by atoms with Crippen molar-refractivity contribution in [2.75, 3.05) is 13.2 Å². The normalized spacial score (nSPS) is 26.8. The van der Waals surface area contributed by atoms with Crippen molar-refractivity contribution in [2.24, 2.45) is 5.92 Å². The van der Waals surface area contributed by atoms with Gasteiger partial charge in [0.15, 0.2) is 0 Å². The van der Waals surface area contributed by atoms with Gasteiger partial charge in [0, 0.05) is 12.6 Å². The SMILES string of the molecule is CCNC(CCCC1CCCO1)CC1CCCC1. The molecule has 1 saturated carbocycles. The molecule has 2 aliphatic rings. The third kappa shape index (κ3) is 4.89. The van der Waals surface area contributed by atoms with Crippen LogP contribution in [-0.4, -0.2) is 25.3 Å². The number of rotatable bonds is 8. The smallest absolute Gasteiger partial charge is 0.0576 e. The van der Waals surface area contributed by atoms with Crippen molar-refractivity contribution in [1.82, 2.24) is 5.32 Å². The van der Waals surface area contributed by atoms with Crippen molar-refractivity contribution in [3.05, 3.63) is 0 Å². The molecular weight excluding hydrogens is 222 g/mol. The van der Waals surface area contributed by atoms with Crippen molar-refractivity contribution < 1.29 is 4.74 Å². The molecule has 106 valence electrons. The second-order valence-corrected chi connectivity index (χ2v) is 6.21. The van der Waals surface area contributed by atoms with E-state index in [2.05, 4.69) is 12.2 Å². The summed E-state index contributed by atoms with van der Waals surface area (Å²) in [5.74, 6) is 1.01. The maximum absolute atomic E-state index is 5.71. The van der Waals surface area contributed by atoms with Crippen LogP contribution in [0.1, 0.15) is 71.1 Å². The number of ether oxygens (including phenoxy) is 1. The highest BCUT2D eigenvalue weighted by molar-refractivity contribution is 4.76. The zero-order valence-corrected chi connectivity index (χ0v) is 12.1. The third-order valence-electron chi connectivity index (χ3n) is 4.69. The van der Waals surface area contributed by atoms with E-state index in [0.29, 0.717) is 6.10 Å². The quantitative estimate of drug-likeness (QED) is 0.708. The highest BCUT2D eigenvalue weighted by atomic mass is 16.5. The first-order chi connectivity index (χ1) is 8.88. The van der Waals surface area contributed by atoms with Crippen molar-refractivity contribution in [1.29, 1.82) is 0 Å². The average molecular weight is 253 g/mol. The van der Waals surface area contributed by atoms with Crippen LogP contribution >= 0.6 is 0 Å². The molecule has 0 aromatic carbocycles. The third-order valence-corrected chi connectivity index (χ3v) is 4.69. The van der Waals surface area contributed by atoms with E-state index < -0.39 is 0 Å². The van der Waals surface area contributed by atoms with Gasteiger partial charge in [0.2, 0.25) is 0 Å². The molecule has 1 aliphatic heterocycles. The van der Waals surface area contributed by atoms with E-state index in [0.717, 1.165) is 25.1 Å². The summed E-state index contributed by atoms with van der Waals surface area (Å²) < 4.78 is 5.71. The first-order valence-electron chi connectivity index (χ1n) is 8.23. The van der Waals surface area contributed by atoms with Crippen LogP contribution in [0, 0.1) is 5.92 Å². The molecule has 0 aromatic heterocycles. The van der Waals surface area contributed by atoms with Crippen LogP contribution < -0.4 is 5.32 Å². The molecule has 1 heterocycles. The second kappa shape index (κ2) is 8.16. The van der Waals surface area contributed by atoms with E-state index in [1.165, 1.54) is 64.2 Å². The maximum atomic E-state index is 5.71. The zero-order chi connectivity index (χ0) is 12.6. The van der Waals surface area contributed by atoms with Crippen LogP contribution in [0.25, 0.3) is 0 Å². The minimum atomic E-state index is 0.582. The Bertz CT molecular complexity index is 207. The molecular formula is C16H31NO. The standard InChI is InChI=1S/C16H31NO/c1-2-17-15(13-14-7-3-4-8-14)9-5-10-16-11-6-12-18-16/h14-17H,2-13H2,1H3. The lowest BCUT2D eigenvalue weighted by atomic mass is 9.94. The van der Waals surface area contributed by atoms with Crippen LogP contribution in [0.2, 0.25) is 0 Å². The summed E-state index contributed by atoms with van der Waals surface area (Å²) in [7, 11) is 0. The van der Waals surface area contributed by atoms with Gasteiger partial charge < -0.3 is 10.1 Å². The van der Waals surface area contributed by atoms with Gasteiger partial charge in [0.25, 0.3) is 0 Å². The Morgan fingerprint density at radius 1 is 1.17 bits per heavy atom. The van der Waals surface area contributed by atoms with Gasteiger partial charge >= 0.3 is 0 Å². The van der Waals surface area contributed by atoms with Crippen LogP contribution in [0.15, 0.2) is 0 Å². The number of nitrogens with one attached hydrogen (secondary N) is 1. The largest absolute Gasteiger partial charge is 0.378 e. The predicted molar refractivity (Wildman–Crippen MR) is 76.9 cm³/mol. The maximum Gasteiger partial charge on any atom is 0.0576 e. The van der Waals surface area contributed by atoms with E-state index in [1.807, 2.05) is 0 Å². The van der Waals surface area contributed by atoms with Gasteiger partial charge in [-0.05, 0) is 51.0 Å². The Kier molecular flexibility index (Phi) is 6.50. The van der Waals surface area contributed by atoms with Crippen LogP contribution in [0.5, 0.6) is 0 Å². The Morgan fingerprint density at radius 2 is 2.00 bits per heavy atom. The summed E-state index contributed by atoms with van der Waals surface area (Å²) in [6, 6.07) is 0.763. The number of hydrogen-bond donors (Lipinski definition) is 1. The Morgan fingerprint density at radius 3 is 2.67 bits per heavy atom. The molecule has 0 spiro atoms. The Balaban J connectivity index is 1.61. The summed E-state index contributed by atoms with van der Waals surface area (Å²) in [4.78, 5) is 0. The van der Waals surface area contributed by atoms with Crippen molar-refractivity contribution in [2.45, 2.75) is 83.3 Å².